The summed E-state index contributed by atoms with van der Waals surface area (Å²) in [6, 6.07) is 0. The molecule has 0 spiro atoms. The Morgan fingerprint density at radius 1 is 1.27 bits per heavy atom. The minimum absolute atomic E-state index is 0.154. The molecule has 4 nitrogen and oxygen atoms in total. The second-order valence-corrected chi connectivity index (χ2v) is 4.02. The van der Waals surface area contributed by atoms with Crippen molar-refractivity contribution < 1.29 is 19.0 Å². The van der Waals surface area contributed by atoms with Crippen LogP contribution in [0.1, 0.15) is 6.42 Å². The summed E-state index contributed by atoms with van der Waals surface area (Å²) in [4.78, 5) is 11.7. The van der Waals surface area contributed by atoms with Gasteiger partial charge in [0.2, 0.25) is 0 Å². The fourth-order valence-corrected chi connectivity index (χ4v) is 2.91. The Morgan fingerprint density at radius 2 is 1.93 bits per heavy atom. The van der Waals surface area contributed by atoms with Crippen LogP contribution in [-0.2, 0) is 19.0 Å². The van der Waals surface area contributed by atoms with Gasteiger partial charge in [0, 0.05) is 20.1 Å². The maximum absolute atomic E-state index is 11.7. The van der Waals surface area contributed by atoms with Crippen molar-refractivity contribution in [2.45, 2.75) is 12.2 Å². The van der Waals surface area contributed by atoms with Gasteiger partial charge in [0.1, 0.15) is 5.92 Å². The number of hydrogen-bond donors (Lipinski definition) is 0. The minimum atomic E-state index is -0.827. The summed E-state index contributed by atoms with van der Waals surface area (Å²) in [6.07, 6.45) is 5.03. The molecule has 0 amide bonds. The highest BCUT2D eigenvalue weighted by Gasteiger charge is 2.61. The zero-order valence-electron chi connectivity index (χ0n) is 9.23. The van der Waals surface area contributed by atoms with Crippen molar-refractivity contribution in [1.82, 2.24) is 0 Å². The Balaban J connectivity index is 2.35. The van der Waals surface area contributed by atoms with E-state index in [2.05, 4.69) is 12.2 Å². The number of fused-ring (bicyclic) bond motifs is 2. The maximum atomic E-state index is 11.7. The van der Waals surface area contributed by atoms with Gasteiger partial charge < -0.3 is 14.2 Å². The van der Waals surface area contributed by atoms with Crippen LogP contribution >= 0.6 is 0 Å². The number of carbonyl (C=O) groups is 1. The van der Waals surface area contributed by atoms with E-state index in [9.17, 15) is 4.79 Å². The van der Waals surface area contributed by atoms with Crippen LogP contribution in [0.25, 0.3) is 0 Å². The highest BCUT2D eigenvalue weighted by Crippen LogP contribution is 2.53. The molecule has 4 heteroatoms. The molecule has 0 aromatic rings. The Kier molecular flexibility index (Phi) is 2.56. The van der Waals surface area contributed by atoms with Crippen molar-refractivity contribution in [3.8, 4) is 0 Å². The number of allylic oxidation sites excluding steroid dienone is 1. The van der Waals surface area contributed by atoms with Crippen LogP contribution in [0, 0.1) is 17.8 Å². The lowest BCUT2D eigenvalue weighted by Gasteiger charge is -2.37. The van der Waals surface area contributed by atoms with Crippen LogP contribution in [0.2, 0.25) is 0 Å². The number of methoxy groups -OCH3 is 3. The van der Waals surface area contributed by atoms with Crippen molar-refractivity contribution in [3.63, 3.8) is 0 Å². The van der Waals surface area contributed by atoms with Crippen molar-refractivity contribution in [3.05, 3.63) is 12.2 Å². The van der Waals surface area contributed by atoms with Crippen LogP contribution in [0.15, 0.2) is 12.2 Å². The third-order valence-electron chi connectivity index (χ3n) is 3.59. The van der Waals surface area contributed by atoms with E-state index in [1.54, 1.807) is 14.2 Å². The highest BCUT2D eigenvalue weighted by atomic mass is 16.7. The summed E-state index contributed by atoms with van der Waals surface area (Å²) in [7, 11) is 4.55. The summed E-state index contributed by atoms with van der Waals surface area (Å²) in [6.45, 7) is 0. The predicted molar refractivity (Wildman–Crippen MR) is 53.0 cm³/mol. The van der Waals surface area contributed by atoms with Crippen molar-refractivity contribution in [2.75, 3.05) is 21.3 Å². The molecule has 1 fully saturated rings. The fraction of sp³-hybridized carbons (Fsp3) is 0.727. The van der Waals surface area contributed by atoms with Crippen molar-refractivity contribution in [1.29, 1.82) is 0 Å². The Labute approximate surface area is 89.2 Å². The van der Waals surface area contributed by atoms with Crippen LogP contribution < -0.4 is 0 Å². The normalized spacial score (nSPS) is 35.8. The molecule has 2 aliphatic rings. The number of carbonyl (C=O) groups excluding carboxylic acids is 1. The summed E-state index contributed by atoms with van der Waals surface area (Å²) < 4.78 is 15.7. The lowest BCUT2D eigenvalue weighted by atomic mass is 9.87. The van der Waals surface area contributed by atoms with Gasteiger partial charge in [-0.3, -0.25) is 4.79 Å². The SMILES string of the molecule is COC(=O)C1C2C=CC(C2)C1(OC)OC. The van der Waals surface area contributed by atoms with Gasteiger partial charge in [-0.15, -0.1) is 0 Å². The molecule has 3 unspecified atom stereocenters. The average Bonchev–Trinajstić information content (AvgIpc) is 2.86. The number of esters is 1. The monoisotopic (exact) mass is 212 g/mol. The summed E-state index contributed by atoms with van der Waals surface area (Å²) in [5.41, 5.74) is 0. The van der Waals surface area contributed by atoms with Gasteiger partial charge >= 0.3 is 5.97 Å². The molecule has 0 aromatic carbocycles. The molecule has 0 radical (unpaired) electrons. The molecular weight excluding hydrogens is 196 g/mol. The van der Waals surface area contributed by atoms with E-state index in [-0.39, 0.29) is 23.7 Å². The third kappa shape index (κ3) is 1.25. The lowest BCUT2D eigenvalue weighted by molar-refractivity contribution is -0.250. The Hall–Kier alpha value is -0.870. The molecule has 2 aliphatic carbocycles. The second-order valence-electron chi connectivity index (χ2n) is 4.02. The third-order valence-corrected chi connectivity index (χ3v) is 3.59. The maximum Gasteiger partial charge on any atom is 0.314 e. The average molecular weight is 212 g/mol. The van der Waals surface area contributed by atoms with Gasteiger partial charge in [0.15, 0.2) is 5.79 Å². The van der Waals surface area contributed by atoms with Crippen molar-refractivity contribution >= 4 is 5.97 Å². The smallest absolute Gasteiger partial charge is 0.314 e. The van der Waals surface area contributed by atoms with E-state index in [1.807, 2.05) is 0 Å². The predicted octanol–water partition coefficient (Wildman–Crippen LogP) is 0.971. The molecule has 0 saturated heterocycles. The molecule has 3 atom stereocenters. The van der Waals surface area contributed by atoms with Gasteiger partial charge in [-0.05, 0) is 12.3 Å². The van der Waals surface area contributed by atoms with Crippen LogP contribution in [-0.4, -0.2) is 33.1 Å². The molecule has 0 aliphatic heterocycles. The quantitative estimate of drug-likeness (QED) is 0.397. The van der Waals surface area contributed by atoms with Gasteiger partial charge in [-0.1, -0.05) is 12.2 Å². The molecule has 15 heavy (non-hydrogen) atoms. The Morgan fingerprint density at radius 3 is 2.47 bits per heavy atom. The van der Waals surface area contributed by atoms with Gasteiger partial charge in [0.05, 0.1) is 7.11 Å². The first-order chi connectivity index (χ1) is 7.19. The number of ether oxygens (including phenoxy) is 3. The molecule has 84 valence electrons. The van der Waals surface area contributed by atoms with Crippen LogP contribution in [0.5, 0.6) is 0 Å². The zero-order chi connectivity index (χ0) is 11.1. The summed E-state index contributed by atoms with van der Waals surface area (Å²) in [5, 5.41) is 0. The van der Waals surface area contributed by atoms with Gasteiger partial charge in [-0.2, -0.15) is 0 Å². The standard InChI is InChI=1S/C11H16O4/c1-13-10(12)9-7-4-5-8(6-7)11(9,14-2)15-3/h4-5,7-9H,6H2,1-3H3. The van der Waals surface area contributed by atoms with Crippen LogP contribution in [0.4, 0.5) is 0 Å². The van der Waals surface area contributed by atoms with E-state index in [0.29, 0.717) is 0 Å². The van der Waals surface area contributed by atoms with E-state index < -0.39 is 5.79 Å². The largest absolute Gasteiger partial charge is 0.469 e. The highest BCUT2D eigenvalue weighted by molar-refractivity contribution is 5.75. The van der Waals surface area contributed by atoms with Gasteiger partial charge in [-0.25, -0.2) is 0 Å². The van der Waals surface area contributed by atoms with E-state index >= 15 is 0 Å². The molecule has 2 bridgehead atoms. The molecule has 0 aromatic heterocycles. The zero-order valence-corrected chi connectivity index (χ0v) is 9.23. The molecule has 0 heterocycles. The van der Waals surface area contributed by atoms with E-state index in [4.69, 9.17) is 14.2 Å². The van der Waals surface area contributed by atoms with E-state index in [0.717, 1.165) is 6.42 Å². The first-order valence-electron chi connectivity index (χ1n) is 5.06. The summed E-state index contributed by atoms with van der Waals surface area (Å²) >= 11 is 0. The molecule has 1 saturated carbocycles. The number of rotatable bonds is 3. The van der Waals surface area contributed by atoms with Crippen LogP contribution in [0.3, 0.4) is 0 Å². The number of hydrogen-bond acceptors (Lipinski definition) is 4. The molecule has 2 rings (SSSR count). The molecular formula is C11H16O4. The topological polar surface area (TPSA) is 44.8 Å². The Bertz CT molecular complexity index is 293. The van der Waals surface area contributed by atoms with Crippen molar-refractivity contribution in [2.24, 2.45) is 17.8 Å². The first-order valence-corrected chi connectivity index (χ1v) is 5.06. The first kappa shape index (κ1) is 10.6. The second kappa shape index (κ2) is 3.61. The van der Waals surface area contributed by atoms with Gasteiger partial charge in [0.25, 0.3) is 0 Å². The van der Waals surface area contributed by atoms with E-state index in [1.165, 1.54) is 7.11 Å². The summed E-state index contributed by atoms with van der Waals surface area (Å²) in [5.74, 6) is -1.08. The lowest BCUT2D eigenvalue weighted by Crippen LogP contribution is -2.49. The minimum Gasteiger partial charge on any atom is -0.469 e. The molecule has 0 N–H and O–H groups in total. The fourth-order valence-electron chi connectivity index (χ4n) is 2.91.